The van der Waals surface area contributed by atoms with Gasteiger partial charge in [0.05, 0.1) is 0 Å². The van der Waals surface area contributed by atoms with Crippen LogP contribution in [-0.2, 0) is 0 Å². The van der Waals surface area contributed by atoms with E-state index >= 15 is 0 Å². The van der Waals surface area contributed by atoms with Gasteiger partial charge in [-0.3, -0.25) is 0 Å². The summed E-state index contributed by atoms with van der Waals surface area (Å²) in [5.41, 5.74) is 1.25. The minimum Gasteiger partial charge on any atom is -0.492 e. The molecule has 0 aliphatic heterocycles. The van der Waals surface area contributed by atoms with E-state index in [2.05, 4.69) is 36.5 Å². The van der Waals surface area contributed by atoms with Gasteiger partial charge in [-0.05, 0) is 61.8 Å². The van der Waals surface area contributed by atoms with Crippen molar-refractivity contribution < 1.29 is 4.74 Å². The number of hydrogen-bond acceptors (Lipinski definition) is 2. The Kier molecular flexibility index (Phi) is 3.88. The van der Waals surface area contributed by atoms with Crippen molar-refractivity contribution in [1.82, 2.24) is 5.32 Å². The monoisotopic (exact) mass is 257 g/mol. The minimum absolute atomic E-state index is 0.750. The fraction of sp³-hybridized carbons (Fsp3) is 0.529. The normalized spacial score (nSPS) is 27.9. The lowest BCUT2D eigenvalue weighted by atomic mass is 9.94. The van der Waals surface area contributed by atoms with E-state index in [1.54, 1.807) is 0 Å². The Labute approximate surface area is 115 Å². The molecule has 2 aliphatic rings. The number of benzene rings is 1. The van der Waals surface area contributed by atoms with E-state index in [0.29, 0.717) is 0 Å². The first-order valence-corrected chi connectivity index (χ1v) is 7.40. The van der Waals surface area contributed by atoms with Gasteiger partial charge in [0.15, 0.2) is 0 Å². The molecule has 0 amide bonds. The van der Waals surface area contributed by atoms with Gasteiger partial charge in [-0.25, -0.2) is 0 Å². The maximum Gasteiger partial charge on any atom is 0.119 e. The molecule has 0 heterocycles. The van der Waals surface area contributed by atoms with E-state index in [-0.39, 0.29) is 0 Å². The maximum absolute atomic E-state index is 5.74. The summed E-state index contributed by atoms with van der Waals surface area (Å²) in [7, 11) is 0. The first-order valence-electron chi connectivity index (χ1n) is 7.40. The topological polar surface area (TPSA) is 21.3 Å². The van der Waals surface area contributed by atoms with E-state index in [0.717, 1.165) is 43.2 Å². The average Bonchev–Trinajstić information content (AvgIpc) is 3.01. The number of allylic oxidation sites excluding steroid dienone is 2. The Hall–Kier alpha value is -1.28. The molecule has 102 valence electrons. The van der Waals surface area contributed by atoms with Gasteiger partial charge in [0, 0.05) is 6.54 Å². The quantitative estimate of drug-likeness (QED) is 0.624. The van der Waals surface area contributed by atoms with Crippen LogP contribution in [0.15, 0.2) is 36.4 Å². The summed E-state index contributed by atoms with van der Waals surface area (Å²) in [6, 6.07) is 8.24. The third-order valence-electron chi connectivity index (χ3n) is 4.36. The molecule has 1 aromatic carbocycles. The number of fused-ring (bicyclic) bond motifs is 2. The first-order chi connectivity index (χ1) is 9.31. The van der Waals surface area contributed by atoms with Gasteiger partial charge in [0.25, 0.3) is 0 Å². The van der Waals surface area contributed by atoms with Gasteiger partial charge in [-0.15, -0.1) is 0 Å². The van der Waals surface area contributed by atoms with Gasteiger partial charge in [-0.1, -0.05) is 24.3 Å². The third kappa shape index (κ3) is 3.19. The van der Waals surface area contributed by atoms with Crippen LogP contribution in [-0.4, -0.2) is 19.7 Å². The van der Waals surface area contributed by atoms with Crippen LogP contribution in [0, 0.1) is 24.7 Å². The Morgan fingerprint density at radius 1 is 1.26 bits per heavy atom. The lowest BCUT2D eigenvalue weighted by Crippen LogP contribution is -2.28. The number of ether oxygens (including phenoxy) is 1. The van der Waals surface area contributed by atoms with Crippen LogP contribution in [0.25, 0.3) is 0 Å². The summed E-state index contributed by atoms with van der Waals surface area (Å²) in [5, 5.41) is 3.54. The highest BCUT2D eigenvalue weighted by Gasteiger charge is 2.34. The fourth-order valence-electron chi connectivity index (χ4n) is 3.36. The first kappa shape index (κ1) is 12.7. The van der Waals surface area contributed by atoms with Gasteiger partial charge < -0.3 is 10.1 Å². The summed E-state index contributed by atoms with van der Waals surface area (Å²) in [6.07, 6.45) is 7.60. The second-order valence-electron chi connectivity index (χ2n) is 5.91. The van der Waals surface area contributed by atoms with Crippen molar-refractivity contribution in [3.63, 3.8) is 0 Å². The second kappa shape index (κ2) is 5.79. The molecule has 2 bridgehead atoms. The number of nitrogens with one attached hydrogen (secondary N) is 1. The molecule has 1 fully saturated rings. The maximum atomic E-state index is 5.74. The molecular weight excluding hydrogens is 234 g/mol. The molecule has 0 aromatic heterocycles. The molecule has 2 aliphatic carbocycles. The zero-order chi connectivity index (χ0) is 13.1. The van der Waals surface area contributed by atoms with Crippen molar-refractivity contribution in [2.45, 2.75) is 19.8 Å². The zero-order valence-corrected chi connectivity index (χ0v) is 11.6. The Bertz CT molecular complexity index is 454. The van der Waals surface area contributed by atoms with Crippen LogP contribution < -0.4 is 10.1 Å². The predicted octanol–water partition coefficient (Wildman–Crippen LogP) is 3.18. The predicted molar refractivity (Wildman–Crippen MR) is 78.4 cm³/mol. The lowest BCUT2D eigenvalue weighted by molar-refractivity contribution is 0.304. The van der Waals surface area contributed by atoms with Crippen LogP contribution in [0.4, 0.5) is 0 Å². The van der Waals surface area contributed by atoms with Crippen molar-refractivity contribution in [1.29, 1.82) is 0 Å². The molecule has 3 atom stereocenters. The summed E-state index contributed by atoms with van der Waals surface area (Å²) in [6.45, 7) is 4.92. The standard InChI is InChI=1S/C17H23NO/c1-13-3-2-4-17(9-13)19-8-7-18-12-16-11-14-5-6-15(16)10-14/h2-6,9,14-16,18H,7-8,10-12H2,1H3. The highest BCUT2D eigenvalue weighted by atomic mass is 16.5. The van der Waals surface area contributed by atoms with Gasteiger partial charge in [-0.2, -0.15) is 0 Å². The molecular formula is C17H23NO. The minimum atomic E-state index is 0.750. The van der Waals surface area contributed by atoms with Crippen molar-refractivity contribution in [2.24, 2.45) is 17.8 Å². The SMILES string of the molecule is Cc1cccc(OCCNCC2CC3C=CC2C3)c1. The van der Waals surface area contributed by atoms with Gasteiger partial charge in [0.1, 0.15) is 12.4 Å². The largest absolute Gasteiger partial charge is 0.492 e. The average molecular weight is 257 g/mol. The van der Waals surface area contributed by atoms with Crippen molar-refractivity contribution in [3.05, 3.63) is 42.0 Å². The molecule has 2 nitrogen and oxygen atoms in total. The van der Waals surface area contributed by atoms with Gasteiger partial charge in [0.2, 0.25) is 0 Å². The zero-order valence-electron chi connectivity index (χ0n) is 11.6. The molecule has 1 saturated carbocycles. The Morgan fingerprint density at radius 3 is 2.95 bits per heavy atom. The van der Waals surface area contributed by atoms with Crippen molar-refractivity contribution >= 4 is 0 Å². The highest BCUT2D eigenvalue weighted by Crippen LogP contribution is 2.42. The Morgan fingerprint density at radius 2 is 2.21 bits per heavy atom. The highest BCUT2D eigenvalue weighted by molar-refractivity contribution is 5.27. The van der Waals surface area contributed by atoms with Crippen molar-refractivity contribution in [3.8, 4) is 5.75 Å². The van der Waals surface area contributed by atoms with E-state index in [1.165, 1.54) is 18.4 Å². The van der Waals surface area contributed by atoms with Crippen LogP contribution in [0.3, 0.4) is 0 Å². The van der Waals surface area contributed by atoms with E-state index in [1.807, 2.05) is 12.1 Å². The van der Waals surface area contributed by atoms with Crippen LogP contribution in [0.1, 0.15) is 18.4 Å². The number of rotatable bonds is 6. The van der Waals surface area contributed by atoms with Crippen LogP contribution in [0.5, 0.6) is 5.75 Å². The van der Waals surface area contributed by atoms with Gasteiger partial charge >= 0.3 is 0 Å². The summed E-state index contributed by atoms with van der Waals surface area (Å²) in [5.74, 6) is 3.55. The second-order valence-corrected chi connectivity index (χ2v) is 5.91. The van der Waals surface area contributed by atoms with E-state index in [9.17, 15) is 0 Å². The Balaban J connectivity index is 1.32. The third-order valence-corrected chi connectivity index (χ3v) is 4.36. The summed E-state index contributed by atoms with van der Waals surface area (Å²) >= 11 is 0. The molecule has 3 unspecified atom stereocenters. The molecule has 1 aromatic rings. The fourth-order valence-corrected chi connectivity index (χ4v) is 3.36. The molecule has 3 rings (SSSR count). The summed E-state index contributed by atoms with van der Waals surface area (Å²) < 4.78 is 5.74. The molecule has 0 saturated heterocycles. The van der Waals surface area contributed by atoms with Crippen LogP contribution in [0.2, 0.25) is 0 Å². The number of hydrogen-bond donors (Lipinski definition) is 1. The molecule has 19 heavy (non-hydrogen) atoms. The lowest BCUT2D eigenvalue weighted by Gasteiger charge is -2.18. The van der Waals surface area contributed by atoms with E-state index in [4.69, 9.17) is 4.74 Å². The van der Waals surface area contributed by atoms with E-state index < -0.39 is 0 Å². The number of aryl methyl sites for hydroxylation is 1. The van der Waals surface area contributed by atoms with Crippen molar-refractivity contribution in [2.75, 3.05) is 19.7 Å². The molecule has 0 radical (unpaired) electrons. The molecule has 1 N–H and O–H groups in total. The van der Waals surface area contributed by atoms with Crippen LogP contribution >= 0.6 is 0 Å². The molecule has 2 heteroatoms. The summed E-state index contributed by atoms with van der Waals surface area (Å²) in [4.78, 5) is 0. The smallest absolute Gasteiger partial charge is 0.119 e. The molecule has 0 spiro atoms.